The van der Waals surface area contributed by atoms with Crippen molar-refractivity contribution in [3.8, 4) is 0 Å². The van der Waals surface area contributed by atoms with Crippen LogP contribution in [0.15, 0.2) is 71.9 Å². The molecule has 0 bridgehead atoms. The number of aromatic nitrogens is 3. The molecule has 0 aliphatic carbocycles. The summed E-state index contributed by atoms with van der Waals surface area (Å²) < 4.78 is 27.8. The van der Waals surface area contributed by atoms with Gasteiger partial charge in [-0.05, 0) is 29.3 Å². The van der Waals surface area contributed by atoms with E-state index in [1.54, 1.807) is 36.8 Å². The van der Waals surface area contributed by atoms with Gasteiger partial charge < -0.3 is 9.88 Å². The van der Waals surface area contributed by atoms with Gasteiger partial charge in [0.25, 0.3) is 0 Å². The van der Waals surface area contributed by atoms with Gasteiger partial charge in [0, 0.05) is 36.9 Å². The van der Waals surface area contributed by atoms with E-state index in [9.17, 15) is 13.6 Å². The van der Waals surface area contributed by atoms with Crippen LogP contribution in [0.1, 0.15) is 11.1 Å². The Morgan fingerprint density at radius 2 is 1.86 bits per heavy atom. The van der Waals surface area contributed by atoms with Crippen LogP contribution in [0.5, 0.6) is 0 Å². The predicted molar refractivity (Wildman–Crippen MR) is 103 cm³/mol. The van der Waals surface area contributed by atoms with E-state index in [1.165, 1.54) is 24.3 Å². The standard InChI is InChI=1S/C21H16F2N4O/c22-16-4-1-3-14(9-16)12-27(19-11-24-7-8-25-19)13-15-10-20(28)26-21-17(15)5-2-6-18(21)23/h1-11H,12-13H2,(H,26,28). The second kappa shape index (κ2) is 7.56. The molecule has 0 fully saturated rings. The third kappa shape index (κ3) is 3.73. The summed E-state index contributed by atoms with van der Waals surface area (Å²) in [5.74, 6) is -0.260. The van der Waals surface area contributed by atoms with Gasteiger partial charge in [-0.1, -0.05) is 24.3 Å². The number of H-pyrrole nitrogens is 1. The fraction of sp³-hybridized carbons (Fsp3) is 0.0952. The van der Waals surface area contributed by atoms with E-state index >= 15 is 0 Å². The molecule has 140 valence electrons. The van der Waals surface area contributed by atoms with E-state index in [-0.39, 0.29) is 17.9 Å². The van der Waals surface area contributed by atoms with Crippen LogP contribution in [0.3, 0.4) is 0 Å². The van der Waals surface area contributed by atoms with E-state index in [0.717, 1.165) is 5.56 Å². The Bertz CT molecular complexity index is 1180. The minimum absolute atomic E-state index is 0.162. The van der Waals surface area contributed by atoms with E-state index in [4.69, 9.17) is 0 Å². The highest BCUT2D eigenvalue weighted by Gasteiger charge is 2.14. The van der Waals surface area contributed by atoms with Gasteiger partial charge in [0.05, 0.1) is 11.7 Å². The number of aromatic amines is 1. The lowest BCUT2D eigenvalue weighted by Gasteiger charge is -2.24. The van der Waals surface area contributed by atoms with E-state index in [2.05, 4.69) is 15.0 Å². The fourth-order valence-corrected chi connectivity index (χ4v) is 3.18. The lowest BCUT2D eigenvalue weighted by atomic mass is 10.1. The summed E-state index contributed by atoms with van der Waals surface area (Å²) in [6.07, 6.45) is 4.71. The quantitative estimate of drug-likeness (QED) is 0.574. The Labute approximate surface area is 159 Å². The van der Waals surface area contributed by atoms with Crippen molar-refractivity contribution >= 4 is 16.7 Å². The van der Waals surface area contributed by atoms with Crippen LogP contribution in [0.4, 0.5) is 14.6 Å². The van der Waals surface area contributed by atoms with Crippen molar-refractivity contribution in [2.24, 2.45) is 0 Å². The van der Waals surface area contributed by atoms with Gasteiger partial charge in [-0.2, -0.15) is 0 Å². The molecule has 1 N–H and O–H groups in total. The molecule has 2 aromatic heterocycles. The first-order valence-electron chi connectivity index (χ1n) is 8.66. The highest BCUT2D eigenvalue weighted by Crippen LogP contribution is 2.22. The summed E-state index contributed by atoms with van der Waals surface area (Å²) in [6, 6.07) is 12.4. The van der Waals surface area contributed by atoms with E-state index < -0.39 is 11.4 Å². The minimum Gasteiger partial charge on any atom is -0.347 e. The molecule has 0 aliphatic heterocycles. The number of pyridine rings is 1. The number of nitrogens with zero attached hydrogens (tertiary/aromatic N) is 3. The van der Waals surface area contributed by atoms with Crippen LogP contribution in [0.2, 0.25) is 0 Å². The molecule has 4 rings (SSSR count). The van der Waals surface area contributed by atoms with Crippen LogP contribution in [0.25, 0.3) is 10.9 Å². The van der Waals surface area contributed by atoms with Crippen LogP contribution in [0, 0.1) is 11.6 Å². The summed E-state index contributed by atoms with van der Waals surface area (Å²) in [4.78, 5) is 24.9. The third-order valence-corrected chi connectivity index (χ3v) is 4.41. The maximum Gasteiger partial charge on any atom is 0.248 e. The predicted octanol–water partition coefficient (Wildman–Crippen LogP) is 3.80. The molecule has 7 heteroatoms. The number of benzene rings is 2. The number of hydrogen-bond acceptors (Lipinski definition) is 4. The fourth-order valence-electron chi connectivity index (χ4n) is 3.18. The van der Waals surface area contributed by atoms with Crippen molar-refractivity contribution in [2.75, 3.05) is 4.90 Å². The minimum atomic E-state index is -0.493. The van der Waals surface area contributed by atoms with Crippen molar-refractivity contribution in [1.82, 2.24) is 15.0 Å². The molecule has 2 aromatic carbocycles. The molecule has 4 aromatic rings. The monoisotopic (exact) mass is 378 g/mol. The van der Waals surface area contributed by atoms with Gasteiger partial charge in [0.1, 0.15) is 17.5 Å². The molecular formula is C21H16F2N4O. The summed E-state index contributed by atoms with van der Waals surface area (Å²) in [7, 11) is 0. The van der Waals surface area contributed by atoms with Crippen molar-refractivity contribution < 1.29 is 8.78 Å². The number of rotatable bonds is 5. The molecule has 0 spiro atoms. The number of hydrogen-bond donors (Lipinski definition) is 1. The Morgan fingerprint density at radius 3 is 2.64 bits per heavy atom. The average Bonchev–Trinajstić information content (AvgIpc) is 2.69. The summed E-state index contributed by atoms with van der Waals surface area (Å²) in [6.45, 7) is 0.624. The van der Waals surface area contributed by atoms with Gasteiger partial charge >= 0.3 is 0 Å². The number of halogens is 2. The number of nitrogens with one attached hydrogen (secondary N) is 1. The molecule has 0 saturated carbocycles. The van der Waals surface area contributed by atoms with Gasteiger partial charge in [0.2, 0.25) is 5.56 Å². The summed E-state index contributed by atoms with van der Waals surface area (Å²) in [5, 5.41) is 0.604. The number of anilines is 1. The molecule has 0 radical (unpaired) electrons. The maximum atomic E-state index is 14.2. The van der Waals surface area contributed by atoms with Crippen LogP contribution >= 0.6 is 0 Å². The Hall–Kier alpha value is -3.61. The molecule has 5 nitrogen and oxygen atoms in total. The third-order valence-electron chi connectivity index (χ3n) is 4.41. The normalized spacial score (nSPS) is 10.9. The topological polar surface area (TPSA) is 61.9 Å². The highest BCUT2D eigenvalue weighted by atomic mass is 19.1. The molecule has 0 atom stereocenters. The molecular weight excluding hydrogens is 362 g/mol. The lowest BCUT2D eigenvalue weighted by Crippen LogP contribution is -2.24. The average molecular weight is 378 g/mol. The largest absolute Gasteiger partial charge is 0.347 e. The molecule has 0 amide bonds. The second-order valence-electron chi connectivity index (χ2n) is 6.37. The highest BCUT2D eigenvalue weighted by molar-refractivity contribution is 5.82. The maximum absolute atomic E-state index is 14.2. The summed E-state index contributed by atoms with van der Waals surface area (Å²) in [5.41, 5.74) is 1.15. The van der Waals surface area contributed by atoms with Crippen molar-refractivity contribution in [2.45, 2.75) is 13.1 Å². The van der Waals surface area contributed by atoms with Crippen molar-refractivity contribution in [1.29, 1.82) is 0 Å². The molecule has 0 aliphatic rings. The first kappa shape index (κ1) is 17.8. The van der Waals surface area contributed by atoms with Gasteiger partial charge in [0.15, 0.2) is 0 Å². The molecule has 0 saturated heterocycles. The SMILES string of the molecule is O=c1cc(CN(Cc2cccc(F)c2)c2cnccn2)c2cccc(F)c2[nH]1. The van der Waals surface area contributed by atoms with Crippen LogP contribution in [-0.4, -0.2) is 15.0 Å². The van der Waals surface area contributed by atoms with Gasteiger partial charge in [-0.3, -0.25) is 9.78 Å². The second-order valence-corrected chi connectivity index (χ2v) is 6.37. The Balaban J connectivity index is 1.77. The van der Waals surface area contributed by atoms with Crippen LogP contribution < -0.4 is 10.5 Å². The number of para-hydroxylation sites is 1. The first-order valence-corrected chi connectivity index (χ1v) is 8.66. The van der Waals surface area contributed by atoms with Crippen molar-refractivity contribution in [3.63, 3.8) is 0 Å². The Kier molecular flexibility index (Phi) is 4.80. The zero-order chi connectivity index (χ0) is 19.5. The molecule has 2 heterocycles. The Morgan fingerprint density at radius 1 is 1.00 bits per heavy atom. The summed E-state index contributed by atoms with van der Waals surface area (Å²) >= 11 is 0. The zero-order valence-electron chi connectivity index (χ0n) is 14.8. The molecule has 0 unspecified atom stereocenters. The number of fused-ring (bicyclic) bond motifs is 1. The first-order chi connectivity index (χ1) is 13.6. The zero-order valence-corrected chi connectivity index (χ0v) is 14.8. The van der Waals surface area contributed by atoms with Gasteiger partial charge in [-0.25, -0.2) is 13.8 Å². The van der Waals surface area contributed by atoms with Crippen LogP contribution in [-0.2, 0) is 13.1 Å². The van der Waals surface area contributed by atoms with E-state index in [0.29, 0.717) is 23.3 Å². The van der Waals surface area contributed by atoms with Crippen molar-refractivity contribution in [3.05, 3.63) is 100 Å². The smallest absolute Gasteiger partial charge is 0.248 e. The molecule has 28 heavy (non-hydrogen) atoms. The van der Waals surface area contributed by atoms with Gasteiger partial charge in [-0.15, -0.1) is 0 Å². The lowest BCUT2D eigenvalue weighted by molar-refractivity contribution is 0.624. The van der Waals surface area contributed by atoms with E-state index in [1.807, 2.05) is 11.0 Å².